The van der Waals surface area contributed by atoms with E-state index in [4.69, 9.17) is 0 Å². The van der Waals surface area contributed by atoms with E-state index in [-0.39, 0.29) is 29.8 Å². The molecule has 2 aliphatic rings. The van der Waals surface area contributed by atoms with Gasteiger partial charge in [0.1, 0.15) is 12.1 Å². The van der Waals surface area contributed by atoms with Crippen LogP contribution in [0.1, 0.15) is 26.2 Å². The zero-order valence-electron chi connectivity index (χ0n) is 10.0. The van der Waals surface area contributed by atoms with Gasteiger partial charge in [-0.2, -0.15) is 0 Å². The maximum Gasteiger partial charge on any atom is 0.246 e. The molecule has 2 heterocycles. The third-order valence-corrected chi connectivity index (χ3v) is 3.49. The molecule has 0 bridgehead atoms. The maximum absolute atomic E-state index is 12.1. The van der Waals surface area contributed by atoms with Crippen LogP contribution in [0.5, 0.6) is 0 Å². The Balaban J connectivity index is 2.10. The van der Waals surface area contributed by atoms with Crippen LogP contribution < -0.4 is 10.6 Å². The van der Waals surface area contributed by atoms with Crippen LogP contribution in [-0.2, 0) is 14.4 Å². The fraction of sp³-hybridized carbons (Fsp3) is 0.727. The van der Waals surface area contributed by atoms with E-state index in [9.17, 15) is 14.4 Å². The Kier molecular flexibility index (Phi) is 3.04. The van der Waals surface area contributed by atoms with Gasteiger partial charge in [-0.25, -0.2) is 0 Å². The lowest BCUT2D eigenvalue weighted by atomic mass is 10.1. The van der Waals surface area contributed by atoms with Gasteiger partial charge >= 0.3 is 0 Å². The average Bonchev–Trinajstić information content (AvgIpc) is 2.80. The summed E-state index contributed by atoms with van der Waals surface area (Å²) in [6.45, 7) is 1.40. The number of rotatable bonds is 2. The van der Waals surface area contributed by atoms with E-state index in [1.807, 2.05) is 0 Å². The summed E-state index contributed by atoms with van der Waals surface area (Å²) in [6, 6.07) is -0.720. The third-order valence-electron chi connectivity index (χ3n) is 3.49. The summed E-state index contributed by atoms with van der Waals surface area (Å²) in [7, 11) is 1.57. The molecule has 0 aliphatic carbocycles. The van der Waals surface area contributed by atoms with Gasteiger partial charge in [0, 0.05) is 20.0 Å². The molecule has 2 rings (SSSR count). The first kappa shape index (κ1) is 11.9. The van der Waals surface area contributed by atoms with Crippen LogP contribution in [0.25, 0.3) is 0 Å². The van der Waals surface area contributed by atoms with Crippen molar-refractivity contribution in [1.29, 1.82) is 0 Å². The fourth-order valence-electron chi connectivity index (χ4n) is 2.79. The molecule has 0 aromatic carbocycles. The van der Waals surface area contributed by atoms with Crippen LogP contribution in [0.4, 0.5) is 0 Å². The maximum atomic E-state index is 12.1. The molecule has 2 N–H and O–H groups in total. The normalized spacial score (nSPS) is 31.3. The van der Waals surface area contributed by atoms with Crippen molar-refractivity contribution in [3.63, 3.8) is 0 Å². The number of likely N-dealkylation sites (N-methyl/N-ethyl adjacent to an activating group) is 1. The minimum Gasteiger partial charge on any atom is -0.357 e. The van der Waals surface area contributed by atoms with Gasteiger partial charge in [0.15, 0.2) is 0 Å². The molecule has 94 valence electrons. The SMILES string of the molecule is CNC(=O)[C@@H]1CC[C@H]2C[C@H](NC(C)=O)C(=O)N21. The lowest BCUT2D eigenvalue weighted by Crippen LogP contribution is -2.48. The quantitative estimate of drug-likeness (QED) is 0.649. The van der Waals surface area contributed by atoms with Crippen LogP contribution >= 0.6 is 0 Å². The Morgan fingerprint density at radius 1 is 1.35 bits per heavy atom. The minimum absolute atomic E-state index is 0.0987. The molecule has 0 aromatic rings. The van der Waals surface area contributed by atoms with Crippen LogP contribution in [0.15, 0.2) is 0 Å². The Labute approximate surface area is 99.7 Å². The number of carbonyl (C=O) groups excluding carboxylic acids is 3. The van der Waals surface area contributed by atoms with Crippen LogP contribution in [-0.4, -0.2) is 47.8 Å². The number of nitrogens with zero attached hydrogens (tertiary/aromatic N) is 1. The Morgan fingerprint density at radius 2 is 2.06 bits per heavy atom. The summed E-state index contributed by atoms with van der Waals surface area (Å²) < 4.78 is 0. The number of nitrogens with one attached hydrogen (secondary N) is 2. The Hall–Kier alpha value is -1.59. The first-order valence-corrected chi connectivity index (χ1v) is 5.85. The number of amides is 3. The summed E-state index contributed by atoms with van der Waals surface area (Å²) in [5.41, 5.74) is 0. The van der Waals surface area contributed by atoms with Crippen LogP contribution in [0, 0.1) is 0 Å². The molecule has 2 fully saturated rings. The van der Waals surface area contributed by atoms with E-state index in [0.29, 0.717) is 12.8 Å². The molecule has 0 aromatic heterocycles. The van der Waals surface area contributed by atoms with Crippen molar-refractivity contribution < 1.29 is 14.4 Å². The topological polar surface area (TPSA) is 78.5 Å². The van der Waals surface area contributed by atoms with Crippen molar-refractivity contribution >= 4 is 17.7 Å². The van der Waals surface area contributed by atoms with E-state index in [2.05, 4.69) is 10.6 Å². The molecule has 2 saturated heterocycles. The summed E-state index contributed by atoms with van der Waals surface area (Å²) in [6.07, 6.45) is 2.16. The predicted molar refractivity (Wildman–Crippen MR) is 59.9 cm³/mol. The summed E-state index contributed by atoms with van der Waals surface area (Å²) in [4.78, 5) is 36.3. The van der Waals surface area contributed by atoms with Gasteiger partial charge in [-0.1, -0.05) is 0 Å². The zero-order valence-corrected chi connectivity index (χ0v) is 10.0. The van der Waals surface area contributed by atoms with E-state index in [1.165, 1.54) is 6.92 Å². The molecule has 0 unspecified atom stereocenters. The van der Waals surface area contributed by atoms with Gasteiger partial charge in [-0.05, 0) is 19.3 Å². The predicted octanol–water partition coefficient (Wildman–Crippen LogP) is -1.000. The van der Waals surface area contributed by atoms with Gasteiger partial charge < -0.3 is 15.5 Å². The van der Waals surface area contributed by atoms with Crippen molar-refractivity contribution in [1.82, 2.24) is 15.5 Å². The standard InChI is InChI=1S/C11H17N3O3/c1-6(15)13-8-5-7-3-4-9(10(16)12-2)14(7)11(8)17/h7-9H,3-5H2,1-2H3,(H,12,16)(H,13,15)/t7-,8-,9-/m0/s1. The summed E-state index contributed by atoms with van der Waals surface area (Å²) >= 11 is 0. The lowest BCUT2D eigenvalue weighted by molar-refractivity contribution is -0.138. The van der Waals surface area contributed by atoms with E-state index >= 15 is 0 Å². The second-order valence-corrected chi connectivity index (χ2v) is 4.60. The number of fused-ring (bicyclic) bond motifs is 1. The van der Waals surface area contributed by atoms with Gasteiger partial charge in [-0.15, -0.1) is 0 Å². The first-order valence-electron chi connectivity index (χ1n) is 5.85. The molecule has 2 aliphatic heterocycles. The van der Waals surface area contributed by atoms with E-state index in [1.54, 1.807) is 11.9 Å². The van der Waals surface area contributed by atoms with Gasteiger partial charge in [0.05, 0.1) is 0 Å². The van der Waals surface area contributed by atoms with Crippen LogP contribution in [0.3, 0.4) is 0 Å². The van der Waals surface area contributed by atoms with E-state index in [0.717, 1.165) is 6.42 Å². The second-order valence-electron chi connectivity index (χ2n) is 4.60. The van der Waals surface area contributed by atoms with Crippen molar-refractivity contribution in [3.05, 3.63) is 0 Å². The van der Waals surface area contributed by atoms with Crippen molar-refractivity contribution in [2.75, 3.05) is 7.05 Å². The smallest absolute Gasteiger partial charge is 0.246 e. The first-order chi connectivity index (χ1) is 8.04. The Bertz CT molecular complexity index is 369. The molecule has 0 saturated carbocycles. The highest BCUT2D eigenvalue weighted by Gasteiger charge is 2.49. The molecular weight excluding hydrogens is 222 g/mol. The highest BCUT2D eigenvalue weighted by atomic mass is 16.2. The average molecular weight is 239 g/mol. The van der Waals surface area contributed by atoms with Crippen molar-refractivity contribution in [3.8, 4) is 0 Å². The zero-order chi connectivity index (χ0) is 12.6. The molecular formula is C11H17N3O3. The molecule has 6 heteroatoms. The largest absolute Gasteiger partial charge is 0.357 e. The highest BCUT2D eigenvalue weighted by Crippen LogP contribution is 2.33. The third kappa shape index (κ3) is 1.99. The summed E-state index contributed by atoms with van der Waals surface area (Å²) in [5.74, 6) is -0.457. The van der Waals surface area contributed by atoms with Gasteiger partial charge in [0.25, 0.3) is 0 Å². The molecule has 3 atom stereocenters. The molecule has 3 amide bonds. The number of hydrogen-bond donors (Lipinski definition) is 2. The van der Waals surface area contributed by atoms with Crippen molar-refractivity contribution in [2.24, 2.45) is 0 Å². The molecule has 0 spiro atoms. The molecule has 6 nitrogen and oxygen atoms in total. The van der Waals surface area contributed by atoms with Crippen LogP contribution in [0.2, 0.25) is 0 Å². The monoisotopic (exact) mass is 239 g/mol. The van der Waals surface area contributed by atoms with Gasteiger partial charge in [-0.3, -0.25) is 14.4 Å². The molecule has 17 heavy (non-hydrogen) atoms. The lowest BCUT2D eigenvalue weighted by Gasteiger charge is -2.23. The van der Waals surface area contributed by atoms with E-state index < -0.39 is 6.04 Å². The number of carbonyl (C=O) groups is 3. The highest BCUT2D eigenvalue weighted by molar-refractivity contribution is 5.94. The van der Waals surface area contributed by atoms with Gasteiger partial charge in [0.2, 0.25) is 17.7 Å². The molecule has 0 radical (unpaired) electrons. The Morgan fingerprint density at radius 3 is 2.65 bits per heavy atom. The summed E-state index contributed by atoms with van der Waals surface area (Å²) in [5, 5.41) is 5.21. The second kappa shape index (κ2) is 4.35. The number of hydrogen-bond acceptors (Lipinski definition) is 3. The fourth-order valence-corrected chi connectivity index (χ4v) is 2.79. The van der Waals surface area contributed by atoms with Crippen molar-refractivity contribution in [2.45, 2.75) is 44.3 Å². The minimum atomic E-state index is -0.454.